The Bertz CT molecular complexity index is 452. The summed E-state index contributed by atoms with van der Waals surface area (Å²) in [5, 5.41) is 0.711. The molecule has 0 N–H and O–H groups in total. The fraction of sp³-hybridized carbons (Fsp3) is 0.625. The summed E-state index contributed by atoms with van der Waals surface area (Å²) in [6.45, 7) is 4.02. The summed E-state index contributed by atoms with van der Waals surface area (Å²) < 4.78 is 14.1. The smallest absolute Gasteiger partial charge is 0.146 e. The van der Waals surface area contributed by atoms with Crippen molar-refractivity contribution in [2.75, 3.05) is 31.1 Å². The van der Waals surface area contributed by atoms with Crippen molar-refractivity contribution in [3.63, 3.8) is 0 Å². The van der Waals surface area contributed by atoms with Gasteiger partial charge in [0.1, 0.15) is 5.82 Å². The van der Waals surface area contributed by atoms with Gasteiger partial charge in [0, 0.05) is 37.6 Å². The van der Waals surface area contributed by atoms with E-state index in [1.165, 1.54) is 25.7 Å². The first-order valence-corrected chi connectivity index (χ1v) is 8.74. The van der Waals surface area contributed by atoms with E-state index in [-0.39, 0.29) is 5.82 Å². The van der Waals surface area contributed by atoms with Crippen LogP contribution < -0.4 is 4.90 Å². The maximum absolute atomic E-state index is 14.1. The lowest BCUT2D eigenvalue weighted by atomic mass is 10.1. The van der Waals surface area contributed by atoms with E-state index in [1.54, 1.807) is 12.1 Å². The van der Waals surface area contributed by atoms with Gasteiger partial charge in [-0.3, -0.25) is 4.90 Å². The number of benzene rings is 1. The van der Waals surface area contributed by atoms with E-state index in [0.717, 1.165) is 43.5 Å². The molecule has 0 bridgehead atoms. The van der Waals surface area contributed by atoms with Crippen molar-refractivity contribution in [1.29, 1.82) is 0 Å². The maximum atomic E-state index is 14.1. The molecule has 0 unspecified atom stereocenters. The number of para-hydroxylation sites is 1. The van der Waals surface area contributed by atoms with Gasteiger partial charge in [0.15, 0.2) is 0 Å². The van der Waals surface area contributed by atoms with Crippen LogP contribution in [0.25, 0.3) is 0 Å². The van der Waals surface area contributed by atoms with Gasteiger partial charge in [-0.2, -0.15) is 0 Å². The molecule has 1 aromatic rings. The van der Waals surface area contributed by atoms with E-state index in [9.17, 15) is 4.39 Å². The van der Waals surface area contributed by atoms with Crippen molar-refractivity contribution in [1.82, 2.24) is 4.90 Å². The Hall–Kier alpha value is -0.610. The van der Waals surface area contributed by atoms with Crippen molar-refractivity contribution in [2.24, 2.45) is 0 Å². The van der Waals surface area contributed by atoms with Gasteiger partial charge in [-0.05, 0) is 24.5 Å². The molecule has 1 saturated carbocycles. The summed E-state index contributed by atoms with van der Waals surface area (Å²) in [6, 6.07) is 6.17. The predicted molar refractivity (Wildman–Crippen MR) is 85.1 cm³/mol. The molecule has 2 nitrogen and oxygen atoms in total. The molecule has 2 fully saturated rings. The number of rotatable bonds is 3. The average Bonchev–Trinajstić information content (AvgIpc) is 3.01. The molecule has 2 aliphatic rings. The fourth-order valence-electron chi connectivity index (χ4n) is 3.60. The van der Waals surface area contributed by atoms with Crippen molar-refractivity contribution in [2.45, 2.75) is 37.1 Å². The van der Waals surface area contributed by atoms with Gasteiger partial charge < -0.3 is 4.90 Å². The topological polar surface area (TPSA) is 6.48 Å². The molecule has 0 amide bonds. The first-order valence-electron chi connectivity index (χ1n) is 7.62. The molecule has 4 heteroatoms. The quantitative estimate of drug-likeness (QED) is 0.772. The summed E-state index contributed by atoms with van der Waals surface area (Å²) in [6.07, 6.45) is 5.47. The van der Waals surface area contributed by atoms with Gasteiger partial charge in [0.05, 0.1) is 5.69 Å². The average molecular weight is 341 g/mol. The van der Waals surface area contributed by atoms with E-state index in [4.69, 9.17) is 0 Å². The number of alkyl halides is 1. The minimum atomic E-state index is -0.0868. The van der Waals surface area contributed by atoms with Gasteiger partial charge in [-0.25, -0.2) is 4.39 Å². The summed E-state index contributed by atoms with van der Waals surface area (Å²) in [4.78, 5) is 4.83. The molecule has 1 aliphatic heterocycles. The second-order valence-electron chi connectivity index (χ2n) is 5.84. The standard InChI is InChI=1S/C16H22BrFN2/c17-12-13-4-3-7-15(18)16(13)20-10-8-19(9-11-20)14-5-1-2-6-14/h3-4,7,14H,1-2,5-6,8-12H2. The lowest BCUT2D eigenvalue weighted by molar-refractivity contribution is 0.187. The lowest BCUT2D eigenvalue weighted by Gasteiger charge is -2.39. The number of anilines is 1. The Morgan fingerprint density at radius 3 is 2.45 bits per heavy atom. The number of hydrogen-bond donors (Lipinski definition) is 0. The molecule has 110 valence electrons. The van der Waals surface area contributed by atoms with Crippen LogP contribution in [-0.4, -0.2) is 37.1 Å². The highest BCUT2D eigenvalue weighted by molar-refractivity contribution is 9.08. The Balaban J connectivity index is 1.68. The third kappa shape index (κ3) is 2.86. The molecule has 0 radical (unpaired) electrons. The summed E-state index contributed by atoms with van der Waals surface area (Å²) in [7, 11) is 0. The van der Waals surface area contributed by atoms with Crippen LogP contribution in [0.1, 0.15) is 31.2 Å². The van der Waals surface area contributed by atoms with E-state index in [2.05, 4.69) is 25.7 Å². The fourth-order valence-corrected chi connectivity index (χ4v) is 4.05. The summed E-state index contributed by atoms with van der Waals surface area (Å²) in [5.41, 5.74) is 1.86. The molecule has 3 rings (SSSR count). The van der Waals surface area contributed by atoms with E-state index < -0.39 is 0 Å². The zero-order chi connectivity index (χ0) is 13.9. The van der Waals surface area contributed by atoms with E-state index in [0.29, 0.717) is 5.33 Å². The van der Waals surface area contributed by atoms with Gasteiger partial charge in [-0.1, -0.05) is 40.9 Å². The molecule has 0 atom stereocenters. The SMILES string of the molecule is Fc1cccc(CBr)c1N1CCN(C2CCCC2)CC1. The normalized spacial score (nSPS) is 21.6. The number of halogens is 2. The zero-order valence-corrected chi connectivity index (χ0v) is 13.4. The molecule has 1 aromatic carbocycles. The third-order valence-corrected chi connectivity index (χ3v) is 5.29. The van der Waals surface area contributed by atoms with Crippen LogP contribution in [0.4, 0.5) is 10.1 Å². The number of piperazine rings is 1. The van der Waals surface area contributed by atoms with Crippen LogP contribution in [0.3, 0.4) is 0 Å². The van der Waals surface area contributed by atoms with Gasteiger partial charge >= 0.3 is 0 Å². The molecule has 0 spiro atoms. The van der Waals surface area contributed by atoms with Crippen molar-refractivity contribution < 1.29 is 4.39 Å². The lowest BCUT2D eigenvalue weighted by Crippen LogP contribution is -2.50. The van der Waals surface area contributed by atoms with E-state index >= 15 is 0 Å². The van der Waals surface area contributed by atoms with Crippen LogP contribution in [0.15, 0.2) is 18.2 Å². The minimum Gasteiger partial charge on any atom is -0.366 e. The first kappa shape index (κ1) is 14.3. The first-order chi connectivity index (χ1) is 9.79. The van der Waals surface area contributed by atoms with Gasteiger partial charge in [0.2, 0.25) is 0 Å². The van der Waals surface area contributed by atoms with Crippen molar-refractivity contribution in [3.05, 3.63) is 29.6 Å². The molecular formula is C16H22BrFN2. The Labute approximate surface area is 129 Å². The van der Waals surface area contributed by atoms with E-state index in [1.807, 2.05) is 6.07 Å². The Kier molecular flexibility index (Phi) is 4.61. The van der Waals surface area contributed by atoms with Gasteiger partial charge in [0.25, 0.3) is 0 Å². The Morgan fingerprint density at radius 2 is 1.80 bits per heavy atom. The van der Waals surface area contributed by atoms with Crippen LogP contribution in [0, 0.1) is 5.82 Å². The van der Waals surface area contributed by atoms with Crippen molar-refractivity contribution >= 4 is 21.6 Å². The zero-order valence-electron chi connectivity index (χ0n) is 11.8. The maximum Gasteiger partial charge on any atom is 0.146 e. The molecule has 0 aromatic heterocycles. The highest BCUT2D eigenvalue weighted by Crippen LogP contribution is 2.29. The van der Waals surface area contributed by atoms with Crippen LogP contribution in [0.5, 0.6) is 0 Å². The number of hydrogen-bond acceptors (Lipinski definition) is 2. The highest BCUT2D eigenvalue weighted by Gasteiger charge is 2.27. The molecule has 1 aliphatic carbocycles. The van der Waals surface area contributed by atoms with Gasteiger partial charge in [-0.15, -0.1) is 0 Å². The minimum absolute atomic E-state index is 0.0868. The number of nitrogens with zero attached hydrogens (tertiary/aromatic N) is 2. The van der Waals surface area contributed by atoms with Crippen LogP contribution >= 0.6 is 15.9 Å². The third-order valence-electron chi connectivity index (χ3n) is 4.69. The highest BCUT2D eigenvalue weighted by atomic mass is 79.9. The molecule has 1 saturated heterocycles. The molecular weight excluding hydrogens is 319 g/mol. The van der Waals surface area contributed by atoms with Crippen molar-refractivity contribution in [3.8, 4) is 0 Å². The summed E-state index contributed by atoms with van der Waals surface area (Å²) in [5.74, 6) is -0.0868. The summed E-state index contributed by atoms with van der Waals surface area (Å²) >= 11 is 3.47. The second kappa shape index (κ2) is 6.44. The second-order valence-corrected chi connectivity index (χ2v) is 6.40. The predicted octanol–water partition coefficient (Wildman–Crippen LogP) is 3.79. The van der Waals surface area contributed by atoms with Crippen LogP contribution in [-0.2, 0) is 5.33 Å². The molecule has 20 heavy (non-hydrogen) atoms. The Morgan fingerprint density at radius 1 is 1.10 bits per heavy atom. The monoisotopic (exact) mass is 340 g/mol. The molecule has 1 heterocycles. The largest absolute Gasteiger partial charge is 0.366 e. The van der Waals surface area contributed by atoms with Crippen LogP contribution in [0.2, 0.25) is 0 Å².